The van der Waals surface area contributed by atoms with E-state index in [1.807, 2.05) is 0 Å². The summed E-state index contributed by atoms with van der Waals surface area (Å²) in [5.41, 5.74) is 1.51. The maximum atomic E-state index is 11.2. The van der Waals surface area contributed by atoms with E-state index in [2.05, 4.69) is 9.97 Å². The fourth-order valence-electron chi connectivity index (χ4n) is 1.15. The predicted octanol–water partition coefficient (Wildman–Crippen LogP) is 1.21. The van der Waals surface area contributed by atoms with Crippen LogP contribution in [0.2, 0.25) is 0 Å². The molecule has 0 saturated carbocycles. The predicted molar refractivity (Wildman–Crippen MR) is 51.3 cm³/mol. The molecule has 4 nitrogen and oxygen atoms in total. The molecule has 0 aliphatic rings. The zero-order valence-electron chi connectivity index (χ0n) is 6.98. The van der Waals surface area contributed by atoms with E-state index in [-0.39, 0.29) is 1.43 Å². The van der Waals surface area contributed by atoms with Gasteiger partial charge in [-0.05, 0) is 18.2 Å². The van der Waals surface area contributed by atoms with E-state index in [0.717, 1.165) is 11.0 Å². The SMILES string of the molecule is CS(=O)(=O)c1ccc2nc[nH]c2c1.[HH]. The fourth-order valence-corrected chi connectivity index (χ4v) is 1.79. The average molecular weight is 198 g/mol. The van der Waals surface area contributed by atoms with Crippen molar-refractivity contribution in [3.8, 4) is 0 Å². The fraction of sp³-hybridized carbons (Fsp3) is 0.125. The summed E-state index contributed by atoms with van der Waals surface area (Å²) < 4.78 is 22.3. The summed E-state index contributed by atoms with van der Waals surface area (Å²) >= 11 is 0. The first kappa shape index (κ1) is 8.25. The summed E-state index contributed by atoms with van der Waals surface area (Å²) in [6.07, 6.45) is 2.72. The second-order valence-electron chi connectivity index (χ2n) is 2.85. The van der Waals surface area contributed by atoms with Crippen LogP contribution in [0.4, 0.5) is 0 Å². The summed E-state index contributed by atoms with van der Waals surface area (Å²) in [6, 6.07) is 4.82. The van der Waals surface area contributed by atoms with Gasteiger partial charge in [0, 0.05) is 7.68 Å². The number of hydrogen-bond donors (Lipinski definition) is 1. The summed E-state index contributed by atoms with van der Waals surface area (Å²) in [4.78, 5) is 7.16. The molecule has 0 radical (unpaired) electrons. The van der Waals surface area contributed by atoms with E-state index in [0.29, 0.717) is 4.90 Å². The maximum Gasteiger partial charge on any atom is 0.175 e. The molecule has 0 aliphatic carbocycles. The third-order valence-electron chi connectivity index (χ3n) is 1.82. The summed E-state index contributed by atoms with van der Waals surface area (Å²) in [7, 11) is -3.12. The number of aromatic nitrogens is 2. The van der Waals surface area contributed by atoms with Crippen molar-refractivity contribution in [3.63, 3.8) is 0 Å². The zero-order chi connectivity index (χ0) is 9.47. The lowest BCUT2D eigenvalue weighted by molar-refractivity contribution is 0.602. The van der Waals surface area contributed by atoms with Crippen LogP contribution >= 0.6 is 0 Å². The standard InChI is InChI=1S/C8H8N2O2S.H2/c1-13(11,12)6-2-3-7-8(4-6)10-5-9-7;/h2-5H,1H3,(H,9,10);1H. The normalized spacial score (nSPS) is 12.1. The first-order valence-electron chi connectivity index (χ1n) is 3.70. The largest absolute Gasteiger partial charge is 0.345 e. The smallest absolute Gasteiger partial charge is 0.175 e. The number of sulfone groups is 1. The molecule has 0 aliphatic heterocycles. The molecular weight excluding hydrogens is 188 g/mol. The van der Waals surface area contributed by atoms with E-state index in [1.54, 1.807) is 18.2 Å². The number of fused-ring (bicyclic) bond motifs is 1. The molecule has 0 fully saturated rings. The van der Waals surface area contributed by atoms with Crippen LogP contribution in [0.5, 0.6) is 0 Å². The Bertz CT molecular complexity index is 547. The third-order valence-corrected chi connectivity index (χ3v) is 2.93. The molecule has 5 heteroatoms. The van der Waals surface area contributed by atoms with Gasteiger partial charge in [0.2, 0.25) is 0 Å². The van der Waals surface area contributed by atoms with Gasteiger partial charge in [-0.2, -0.15) is 0 Å². The second kappa shape index (κ2) is 2.56. The van der Waals surface area contributed by atoms with Gasteiger partial charge in [-0.25, -0.2) is 13.4 Å². The summed E-state index contributed by atoms with van der Waals surface area (Å²) in [6.45, 7) is 0. The number of rotatable bonds is 1. The molecular formula is C8H10N2O2S. The molecule has 1 aromatic carbocycles. The van der Waals surface area contributed by atoms with Crippen molar-refractivity contribution in [2.75, 3.05) is 6.26 Å². The van der Waals surface area contributed by atoms with Gasteiger partial charge < -0.3 is 4.98 Å². The average Bonchev–Trinajstić information content (AvgIpc) is 2.47. The van der Waals surface area contributed by atoms with Gasteiger partial charge in [0.15, 0.2) is 9.84 Å². The van der Waals surface area contributed by atoms with Crippen molar-refractivity contribution in [2.45, 2.75) is 4.90 Å². The van der Waals surface area contributed by atoms with E-state index in [1.165, 1.54) is 12.6 Å². The van der Waals surface area contributed by atoms with Gasteiger partial charge in [-0.15, -0.1) is 0 Å². The van der Waals surface area contributed by atoms with E-state index < -0.39 is 9.84 Å². The van der Waals surface area contributed by atoms with Gasteiger partial charge in [0.25, 0.3) is 0 Å². The highest BCUT2D eigenvalue weighted by Gasteiger charge is 2.07. The number of nitrogens with one attached hydrogen (secondary N) is 1. The van der Waals surface area contributed by atoms with Crippen molar-refractivity contribution in [2.24, 2.45) is 0 Å². The van der Waals surface area contributed by atoms with Crippen molar-refractivity contribution in [1.29, 1.82) is 0 Å². The monoisotopic (exact) mass is 198 g/mol. The molecule has 0 amide bonds. The Morgan fingerprint density at radius 1 is 1.46 bits per heavy atom. The first-order valence-corrected chi connectivity index (χ1v) is 5.60. The van der Waals surface area contributed by atoms with Gasteiger partial charge in [0.1, 0.15) is 0 Å². The van der Waals surface area contributed by atoms with Gasteiger partial charge in [-0.3, -0.25) is 0 Å². The van der Waals surface area contributed by atoms with Crippen molar-refractivity contribution in [1.82, 2.24) is 9.97 Å². The molecule has 0 saturated heterocycles. The Morgan fingerprint density at radius 2 is 2.23 bits per heavy atom. The minimum absolute atomic E-state index is 0. The Labute approximate surface area is 77.0 Å². The maximum absolute atomic E-state index is 11.2. The highest BCUT2D eigenvalue weighted by atomic mass is 32.2. The van der Waals surface area contributed by atoms with Gasteiger partial charge in [0.05, 0.1) is 22.3 Å². The minimum atomic E-state index is -3.12. The van der Waals surface area contributed by atoms with Crippen molar-refractivity contribution in [3.05, 3.63) is 24.5 Å². The minimum Gasteiger partial charge on any atom is -0.345 e. The van der Waals surface area contributed by atoms with Gasteiger partial charge >= 0.3 is 0 Å². The second-order valence-corrected chi connectivity index (χ2v) is 4.87. The first-order chi connectivity index (χ1) is 6.07. The Morgan fingerprint density at radius 3 is 2.92 bits per heavy atom. The molecule has 0 atom stereocenters. The van der Waals surface area contributed by atoms with Gasteiger partial charge in [-0.1, -0.05) is 0 Å². The molecule has 1 aromatic heterocycles. The zero-order valence-corrected chi connectivity index (χ0v) is 7.80. The Hall–Kier alpha value is -1.36. The molecule has 1 N–H and O–H groups in total. The van der Waals surface area contributed by atoms with Crippen LogP contribution in [-0.2, 0) is 9.84 Å². The van der Waals surface area contributed by atoms with Crippen LogP contribution in [0.1, 0.15) is 1.43 Å². The number of imidazole rings is 1. The third kappa shape index (κ3) is 1.42. The van der Waals surface area contributed by atoms with E-state index in [4.69, 9.17) is 0 Å². The molecule has 2 aromatic rings. The topological polar surface area (TPSA) is 62.8 Å². The molecule has 2 rings (SSSR count). The lowest BCUT2D eigenvalue weighted by Crippen LogP contribution is -1.96. The molecule has 0 unspecified atom stereocenters. The molecule has 0 bridgehead atoms. The van der Waals surface area contributed by atoms with Crippen LogP contribution in [-0.4, -0.2) is 24.6 Å². The molecule has 1 heterocycles. The van der Waals surface area contributed by atoms with Crippen molar-refractivity contribution >= 4 is 20.9 Å². The van der Waals surface area contributed by atoms with Crippen LogP contribution < -0.4 is 0 Å². The van der Waals surface area contributed by atoms with E-state index in [9.17, 15) is 8.42 Å². The van der Waals surface area contributed by atoms with Crippen LogP contribution in [0.25, 0.3) is 11.0 Å². The van der Waals surface area contributed by atoms with E-state index >= 15 is 0 Å². The molecule has 13 heavy (non-hydrogen) atoms. The quantitative estimate of drug-likeness (QED) is 0.749. The summed E-state index contributed by atoms with van der Waals surface area (Å²) in [5, 5.41) is 0. The lowest BCUT2D eigenvalue weighted by atomic mass is 10.3. The Kier molecular flexibility index (Phi) is 1.63. The van der Waals surface area contributed by atoms with Crippen LogP contribution in [0, 0.1) is 0 Å². The highest BCUT2D eigenvalue weighted by molar-refractivity contribution is 7.90. The summed E-state index contributed by atoms with van der Waals surface area (Å²) in [5.74, 6) is 0. The number of benzene rings is 1. The number of hydrogen-bond acceptors (Lipinski definition) is 3. The number of nitrogens with zero attached hydrogens (tertiary/aromatic N) is 1. The van der Waals surface area contributed by atoms with Crippen molar-refractivity contribution < 1.29 is 9.84 Å². The number of aromatic amines is 1. The number of H-pyrrole nitrogens is 1. The van der Waals surface area contributed by atoms with Crippen LogP contribution in [0.15, 0.2) is 29.4 Å². The Balaban J connectivity index is 0.000000980. The molecule has 70 valence electrons. The highest BCUT2D eigenvalue weighted by Crippen LogP contribution is 2.15. The molecule has 0 spiro atoms. The lowest BCUT2D eigenvalue weighted by Gasteiger charge is -1.96. The van der Waals surface area contributed by atoms with Crippen LogP contribution in [0.3, 0.4) is 0 Å².